The number of carboxylic acid groups (broad SMARTS) is 1. The van der Waals surface area contributed by atoms with Crippen molar-refractivity contribution in [2.75, 3.05) is 24.5 Å². The van der Waals surface area contributed by atoms with Crippen molar-refractivity contribution in [3.63, 3.8) is 0 Å². The van der Waals surface area contributed by atoms with Crippen LogP contribution < -0.4 is 10.2 Å². The lowest BCUT2D eigenvalue weighted by Crippen LogP contribution is -2.49. The maximum atomic E-state index is 12.0. The van der Waals surface area contributed by atoms with Crippen LogP contribution in [0, 0.1) is 0 Å². The summed E-state index contributed by atoms with van der Waals surface area (Å²) in [7, 11) is 0. The Labute approximate surface area is 149 Å². The van der Waals surface area contributed by atoms with Gasteiger partial charge in [0.2, 0.25) is 5.91 Å². The summed E-state index contributed by atoms with van der Waals surface area (Å²) in [5.74, 6) is -0.0343. The highest BCUT2D eigenvalue weighted by Crippen LogP contribution is 2.28. The molecule has 4 rings (SSSR count). The number of carbonyl (C=O) groups is 3. The number of hydrogen-bond donors (Lipinski definition) is 2. The third-order valence-electron chi connectivity index (χ3n) is 5.01. The minimum atomic E-state index is -0.874. The molecular formula is C17H19N5O4. The van der Waals surface area contributed by atoms with Crippen molar-refractivity contribution >= 4 is 29.4 Å². The van der Waals surface area contributed by atoms with Crippen LogP contribution in [0.3, 0.4) is 0 Å². The molecule has 0 radical (unpaired) electrons. The highest BCUT2D eigenvalue weighted by molar-refractivity contribution is 6.05. The lowest BCUT2D eigenvalue weighted by molar-refractivity contribution is -0.120. The van der Waals surface area contributed by atoms with Crippen molar-refractivity contribution in [3.05, 3.63) is 30.2 Å². The Balaban J connectivity index is 1.54. The van der Waals surface area contributed by atoms with Crippen molar-refractivity contribution in [2.45, 2.75) is 25.2 Å². The van der Waals surface area contributed by atoms with Crippen LogP contribution in [0.1, 0.15) is 30.9 Å². The Hall–Kier alpha value is -3.10. The molecule has 0 bridgehead atoms. The van der Waals surface area contributed by atoms with Gasteiger partial charge in [0.05, 0.1) is 11.4 Å². The van der Waals surface area contributed by atoms with Crippen molar-refractivity contribution in [2.24, 2.45) is 0 Å². The number of amides is 4. The van der Waals surface area contributed by atoms with Gasteiger partial charge in [-0.1, -0.05) is 0 Å². The summed E-state index contributed by atoms with van der Waals surface area (Å²) in [6, 6.07) is 3.23. The van der Waals surface area contributed by atoms with E-state index in [9.17, 15) is 14.4 Å². The van der Waals surface area contributed by atoms with Crippen LogP contribution >= 0.6 is 0 Å². The molecule has 4 amide bonds. The van der Waals surface area contributed by atoms with Gasteiger partial charge >= 0.3 is 12.1 Å². The average Bonchev–Trinajstić information content (AvgIpc) is 3.05. The van der Waals surface area contributed by atoms with E-state index in [0.717, 1.165) is 24.2 Å². The Bertz CT molecular complexity index is 884. The van der Waals surface area contributed by atoms with Crippen LogP contribution in [0.15, 0.2) is 24.5 Å². The second kappa shape index (κ2) is 6.32. The Morgan fingerprint density at radius 3 is 2.69 bits per heavy atom. The van der Waals surface area contributed by atoms with Gasteiger partial charge in [-0.25, -0.2) is 14.6 Å². The lowest BCUT2D eigenvalue weighted by atomic mass is 9.94. The SMILES string of the molecule is O=C1CCN(c2ccn3cc(C4CCN(C(=O)O)CC4)nc3c2)C(=O)N1. The number of fused-ring (bicyclic) bond motifs is 1. The number of pyridine rings is 1. The quantitative estimate of drug-likeness (QED) is 0.850. The third-order valence-corrected chi connectivity index (χ3v) is 5.01. The number of nitrogens with zero attached hydrogens (tertiary/aromatic N) is 4. The second-order valence-electron chi connectivity index (χ2n) is 6.62. The molecule has 136 valence electrons. The van der Waals surface area contributed by atoms with Gasteiger partial charge in [0.25, 0.3) is 0 Å². The number of imide groups is 1. The van der Waals surface area contributed by atoms with Crippen molar-refractivity contribution < 1.29 is 19.5 Å². The van der Waals surface area contributed by atoms with Crippen LogP contribution in [-0.2, 0) is 4.79 Å². The first-order valence-electron chi connectivity index (χ1n) is 8.59. The molecule has 0 aromatic carbocycles. The molecule has 4 heterocycles. The molecule has 26 heavy (non-hydrogen) atoms. The highest BCUT2D eigenvalue weighted by atomic mass is 16.4. The molecule has 0 aliphatic carbocycles. The van der Waals surface area contributed by atoms with Crippen molar-refractivity contribution in [1.82, 2.24) is 19.6 Å². The fraction of sp³-hybridized carbons (Fsp3) is 0.412. The molecule has 9 heteroatoms. The Morgan fingerprint density at radius 1 is 1.23 bits per heavy atom. The van der Waals surface area contributed by atoms with E-state index in [2.05, 4.69) is 10.3 Å². The molecule has 2 N–H and O–H groups in total. The fourth-order valence-corrected chi connectivity index (χ4v) is 3.53. The van der Waals surface area contributed by atoms with E-state index in [1.807, 2.05) is 28.9 Å². The fourth-order valence-electron chi connectivity index (χ4n) is 3.53. The first-order chi connectivity index (χ1) is 12.5. The van der Waals surface area contributed by atoms with E-state index >= 15 is 0 Å². The van der Waals surface area contributed by atoms with Gasteiger partial charge in [-0.3, -0.25) is 15.0 Å². The number of piperidine rings is 1. The third kappa shape index (κ3) is 2.96. The van der Waals surface area contributed by atoms with Gasteiger partial charge in [-0.2, -0.15) is 0 Å². The summed E-state index contributed by atoms with van der Waals surface area (Å²) in [5.41, 5.74) is 2.36. The van der Waals surface area contributed by atoms with E-state index in [0.29, 0.717) is 25.3 Å². The maximum absolute atomic E-state index is 12.0. The zero-order chi connectivity index (χ0) is 18.3. The summed E-state index contributed by atoms with van der Waals surface area (Å²) in [6.45, 7) is 1.38. The molecule has 2 saturated heterocycles. The van der Waals surface area contributed by atoms with Crippen LogP contribution in [0.25, 0.3) is 5.65 Å². The number of nitrogens with one attached hydrogen (secondary N) is 1. The predicted molar refractivity (Wildman–Crippen MR) is 92.3 cm³/mol. The number of aromatic nitrogens is 2. The summed E-state index contributed by atoms with van der Waals surface area (Å²) in [4.78, 5) is 41.9. The van der Waals surface area contributed by atoms with Crippen LogP contribution in [0.4, 0.5) is 15.3 Å². The molecule has 9 nitrogen and oxygen atoms in total. The Kier molecular flexibility index (Phi) is 3.98. The molecule has 2 fully saturated rings. The minimum absolute atomic E-state index is 0.227. The molecule has 2 aliphatic rings. The van der Waals surface area contributed by atoms with Gasteiger partial charge in [0.1, 0.15) is 5.65 Å². The number of hydrogen-bond acceptors (Lipinski definition) is 4. The van der Waals surface area contributed by atoms with Crippen molar-refractivity contribution in [1.29, 1.82) is 0 Å². The molecule has 2 aliphatic heterocycles. The first kappa shape index (κ1) is 16.4. The molecule has 0 spiro atoms. The summed E-state index contributed by atoms with van der Waals surface area (Å²) < 4.78 is 1.90. The molecule has 2 aromatic rings. The smallest absolute Gasteiger partial charge is 0.407 e. The van der Waals surface area contributed by atoms with Crippen LogP contribution in [0.2, 0.25) is 0 Å². The molecule has 0 atom stereocenters. The van der Waals surface area contributed by atoms with Gasteiger partial charge in [-0.15, -0.1) is 0 Å². The number of anilines is 1. The standard InChI is InChI=1S/C17H19N5O4/c23-15-4-8-22(16(24)19-15)12-3-7-21-10-13(18-14(21)9-12)11-1-5-20(6-2-11)17(25)26/h3,7,9-11H,1-2,4-6,8H2,(H,25,26)(H,19,23,24). The number of likely N-dealkylation sites (tertiary alicyclic amines) is 1. The monoisotopic (exact) mass is 357 g/mol. The van der Waals surface area contributed by atoms with Crippen LogP contribution in [-0.4, -0.2) is 57.1 Å². The molecular weight excluding hydrogens is 338 g/mol. The first-order valence-corrected chi connectivity index (χ1v) is 8.59. The molecule has 2 aromatic heterocycles. The summed E-state index contributed by atoms with van der Waals surface area (Å²) in [6.07, 6.45) is 4.71. The summed E-state index contributed by atoms with van der Waals surface area (Å²) >= 11 is 0. The second-order valence-corrected chi connectivity index (χ2v) is 6.62. The van der Waals surface area contributed by atoms with Crippen LogP contribution in [0.5, 0.6) is 0 Å². The summed E-state index contributed by atoms with van der Waals surface area (Å²) in [5, 5.41) is 11.4. The number of imidazole rings is 1. The largest absolute Gasteiger partial charge is 0.465 e. The Morgan fingerprint density at radius 2 is 2.00 bits per heavy atom. The van der Waals surface area contributed by atoms with E-state index in [4.69, 9.17) is 5.11 Å². The number of carbonyl (C=O) groups excluding carboxylic acids is 2. The maximum Gasteiger partial charge on any atom is 0.407 e. The molecule has 0 saturated carbocycles. The van der Waals surface area contributed by atoms with Gasteiger partial charge in [-0.05, 0) is 18.9 Å². The average molecular weight is 357 g/mol. The normalized spacial score (nSPS) is 19.1. The van der Waals surface area contributed by atoms with E-state index in [1.54, 1.807) is 0 Å². The topological polar surface area (TPSA) is 107 Å². The lowest BCUT2D eigenvalue weighted by Gasteiger charge is -2.28. The van der Waals surface area contributed by atoms with Crippen molar-refractivity contribution in [3.8, 4) is 0 Å². The van der Waals surface area contributed by atoms with E-state index in [1.165, 1.54) is 9.80 Å². The van der Waals surface area contributed by atoms with Gasteiger partial charge in [0, 0.05) is 50.4 Å². The number of urea groups is 1. The minimum Gasteiger partial charge on any atom is -0.465 e. The predicted octanol–water partition coefficient (Wildman–Crippen LogP) is 1.64. The van der Waals surface area contributed by atoms with Gasteiger partial charge in [0.15, 0.2) is 0 Å². The van der Waals surface area contributed by atoms with E-state index in [-0.39, 0.29) is 18.2 Å². The highest BCUT2D eigenvalue weighted by Gasteiger charge is 2.26. The number of rotatable bonds is 2. The zero-order valence-electron chi connectivity index (χ0n) is 14.1. The van der Waals surface area contributed by atoms with Gasteiger partial charge < -0.3 is 14.4 Å². The molecule has 0 unspecified atom stereocenters. The zero-order valence-corrected chi connectivity index (χ0v) is 14.1. The van der Waals surface area contributed by atoms with E-state index < -0.39 is 12.1 Å².